The molecule has 18 heavy (non-hydrogen) atoms. The van der Waals surface area contributed by atoms with Crippen molar-refractivity contribution in [2.75, 3.05) is 0 Å². The van der Waals surface area contributed by atoms with Crippen molar-refractivity contribution in [3.05, 3.63) is 32.8 Å². The van der Waals surface area contributed by atoms with Crippen molar-refractivity contribution in [1.82, 2.24) is 9.55 Å². The zero-order valence-corrected chi connectivity index (χ0v) is 9.88. The molecule has 0 bridgehead atoms. The van der Waals surface area contributed by atoms with Crippen molar-refractivity contribution in [2.24, 2.45) is 7.05 Å². The van der Waals surface area contributed by atoms with Gasteiger partial charge in [0, 0.05) is 18.5 Å². The van der Waals surface area contributed by atoms with Crippen molar-refractivity contribution in [3.8, 4) is 11.6 Å². The maximum Gasteiger partial charge on any atom is 0.427 e. The summed E-state index contributed by atoms with van der Waals surface area (Å²) in [5, 5.41) is 20.9. The van der Waals surface area contributed by atoms with Crippen LogP contribution in [0.1, 0.15) is 9.67 Å². The van der Waals surface area contributed by atoms with Gasteiger partial charge in [0.1, 0.15) is 10.6 Å². The van der Waals surface area contributed by atoms with E-state index < -0.39 is 16.7 Å². The van der Waals surface area contributed by atoms with Crippen molar-refractivity contribution in [1.29, 1.82) is 0 Å². The Hall–Kier alpha value is -2.42. The Bertz CT molecular complexity index is 618. The predicted octanol–water partition coefficient (Wildman–Crippen LogP) is 1.88. The molecule has 0 saturated carbocycles. The molecule has 94 valence electrons. The molecule has 2 rings (SSSR count). The molecule has 0 aliphatic heterocycles. The van der Waals surface area contributed by atoms with Crippen LogP contribution in [0.15, 0.2) is 17.8 Å². The van der Waals surface area contributed by atoms with E-state index in [1.165, 1.54) is 22.3 Å². The second-order valence-electron chi connectivity index (χ2n) is 3.30. The van der Waals surface area contributed by atoms with Crippen LogP contribution >= 0.6 is 11.3 Å². The van der Waals surface area contributed by atoms with Crippen LogP contribution < -0.4 is 4.74 Å². The third-order valence-corrected chi connectivity index (χ3v) is 2.94. The number of nitro groups is 1. The van der Waals surface area contributed by atoms with Gasteiger partial charge in [0.25, 0.3) is 0 Å². The lowest BCUT2D eigenvalue weighted by Crippen LogP contribution is -1.96. The summed E-state index contributed by atoms with van der Waals surface area (Å²) in [6.07, 6.45) is 1.25. The average molecular weight is 269 g/mol. The summed E-state index contributed by atoms with van der Waals surface area (Å²) in [5.41, 5.74) is 0. The molecule has 0 aliphatic carbocycles. The molecular formula is C9H7N3O5S. The molecule has 0 unspecified atom stereocenters. The second kappa shape index (κ2) is 4.45. The number of hydrogen-bond donors (Lipinski definition) is 1. The van der Waals surface area contributed by atoms with E-state index >= 15 is 0 Å². The Morgan fingerprint density at radius 1 is 1.67 bits per heavy atom. The highest BCUT2D eigenvalue weighted by Crippen LogP contribution is 2.31. The fourth-order valence-corrected chi connectivity index (χ4v) is 1.89. The molecule has 2 heterocycles. The third-order valence-electron chi connectivity index (χ3n) is 2.04. The first-order valence-electron chi connectivity index (χ1n) is 4.64. The fourth-order valence-electron chi connectivity index (χ4n) is 1.25. The molecule has 2 aromatic rings. The first-order valence-corrected chi connectivity index (χ1v) is 5.52. The van der Waals surface area contributed by atoms with Crippen LogP contribution in [0.2, 0.25) is 0 Å². The first kappa shape index (κ1) is 12.0. The molecule has 1 N–H and O–H groups in total. The van der Waals surface area contributed by atoms with Crippen molar-refractivity contribution >= 4 is 23.1 Å². The number of carboxylic acid groups (broad SMARTS) is 1. The van der Waals surface area contributed by atoms with E-state index in [0.29, 0.717) is 0 Å². The number of nitrogens with zero attached hydrogens (tertiary/aromatic N) is 3. The van der Waals surface area contributed by atoms with Gasteiger partial charge in [0.15, 0.2) is 0 Å². The van der Waals surface area contributed by atoms with Gasteiger partial charge in [-0.3, -0.25) is 4.57 Å². The molecular weight excluding hydrogens is 262 g/mol. The number of ether oxygens (including phenoxy) is 1. The lowest BCUT2D eigenvalue weighted by atomic mass is 10.4. The van der Waals surface area contributed by atoms with Crippen LogP contribution in [-0.4, -0.2) is 25.6 Å². The largest absolute Gasteiger partial charge is 0.477 e. The van der Waals surface area contributed by atoms with E-state index in [9.17, 15) is 14.9 Å². The normalized spacial score (nSPS) is 10.3. The minimum Gasteiger partial charge on any atom is -0.477 e. The third kappa shape index (κ3) is 2.15. The molecule has 0 radical (unpaired) electrons. The molecule has 0 saturated heterocycles. The van der Waals surface area contributed by atoms with E-state index in [-0.39, 0.29) is 16.5 Å². The van der Waals surface area contributed by atoms with E-state index in [2.05, 4.69) is 4.98 Å². The SMILES string of the molecule is Cn1cnc([N+](=O)[O-])c1Oc1csc(C(=O)O)c1. The van der Waals surface area contributed by atoms with Gasteiger partial charge in [-0.2, -0.15) is 0 Å². The Balaban J connectivity index is 2.30. The lowest BCUT2D eigenvalue weighted by Gasteiger charge is -2.02. The molecule has 0 atom stereocenters. The van der Waals surface area contributed by atoms with Crippen LogP contribution in [0.3, 0.4) is 0 Å². The quantitative estimate of drug-likeness (QED) is 0.670. The molecule has 0 aromatic carbocycles. The summed E-state index contributed by atoms with van der Waals surface area (Å²) >= 11 is 0.976. The van der Waals surface area contributed by atoms with E-state index in [4.69, 9.17) is 9.84 Å². The Morgan fingerprint density at radius 3 is 2.94 bits per heavy atom. The molecule has 2 aromatic heterocycles. The van der Waals surface area contributed by atoms with Gasteiger partial charge in [-0.15, -0.1) is 11.3 Å². The Kier molecular flexibility index (Phi) is 2.98. The van der Waals surface area contributed by atoms with Crippen LogP contribution in [0.5, 0.6) is 11.6 Å². The number of hydrogen-bond acceptors (Lipinski definition) is 6. The summed E-state index contributed by atoms with van der Waals surface area (Å²) in [4.78, 5) is 24.4. The summed E-state index contributed by atoms with van der Waals surface area (Å²) in [6.45, 7) is 0. The van der Waals surface area contributed by atoms with Gasteiger partial charge >= 0.3 is 17.7 Å². The molecule has 8 nitrogen and oxygen atoms in total. The molecule has 0 aliphatic rings. The predicted molar refractivity (Wildman–Crippen MR) is 61.2 cm³/mol. The molecule has 0 spiro atoms. The highest BCUT2D eigenvalue weighted by atomic mass is 32.1. The summed E-state index contributed by atoms with van der Waals surface area (Å²) in [7, 11) is 1.54. The fraction of sp³-hybridized carbons (Fsp3) is 0.111. The van der Waals surface area contributed by atoms with Crippen LogP contribution in [-0.2, 0) is 7.05 Å². The number of rotatable bonds is 4. The molecule has 9 heteroatoms. The van der Waals surface area contributed by atoms with Crippen LogP contribution in [0, 0.1) is 10.1 Å². The number of aromatic carboxylic acids is 1. The minimum atomic E-state index is -1.07. The first-order chi connectivity index (χ1) is 8.49. The Morgan fingerprint density at radius 2 is 2.39 bits per heavy atom. The van der Waals surface area contributed by atoms with E-state index in [1.54, 1.807) is 7.05 Å². The molecule has 0 fully saturated rings. The van der Waals surface area contributed by atoms with Gasteiger partial charge in [-0.25, -0.2) is 4.79 Å². The number of aryl methyl sites for hydroxylation is 1. The van der Waals surface area contributed by atoms with E-state index in [1.807, 2.05) is 0 Å². The average Bonchev–Trinajstić information content (AvgIpc) is 2.88. The van der Waals surface area contributed by atoms with Crippen molar-refractivity contribution < 1.29 is 19.6 Å². The van der Waals surface area contributed by atoms with Crippen molar-refractivity contribution in [2.45, 2.75) is 0 Å². The number of imidazole rings is 1. The van der Waals surface area contributed by atoms with E-state index in [0.717, 1.165) is 11.3 Å². The van der Waals surface area contributed by atoms with Gasteiger partial charge in [0.2, 0.25) is 6.33 Å². The zero-order chi connectivity index (χ0) is 13.3. The number of thiophene rings is 1. The highest BCUT2D eigenvalue weighted by molar-refractivity contribution is 7.12. The zero-order valence-electron chi connectivity index (χ0n) is 9.06. The summed E-state index contributed by atoms with van der Waals surface area (Å²) < 4.78 is 6.62. The maximum absolute atomic E-state index is 10.7. The van der Waals surface area contributed by atoms with Gasteiger partial charge in [0.05, 0.1) is 0 Å². The monoisotopic (exact) mass is 269 g/mol. The second-order valence-corrected chi connectivity index (χ2v) is 4.21. The number of carboxylic acids is 1. The van der Waals surface area contributed by atoms with Gasteiger partial charge in [-0.1, -0.05) is 0 Å². The van der Waals surface area contributed by atoms with Crippen LogP contribution in [0.25, 0.3) is 0 Å². The smallest absolute Gasteiger partial charge is 0.427 e. The number of aromatic nitrogens is 2. The lowest BCUT2D eigenvalue weighted by molar-refractivity contribution is -0.390. The summed E-state index contributed by atoms with van der Waals surface area (Å²) in [5.74, 6) is -1.31. The minimum absolute atomic E-state index is 0.0465. The summed E-state index contributed by atoms with van der Waals surface area (Å²) in [6, 6.07) is 1.30. The Labute approximate surface area is 104 Å². The van der Waals surface area contributed by atoms with Gasteiger partial charge < -0.3 is 20.0 Å². The van der Waals surface area contributed by atoms with Gasteiger partial charge in [-0.05, 0) is 9.91 Å². The molecule has 0 amide bonds. The topological polar surface area (TPSA) is 107 Å². The van der Waals surface area contributed by atoms with Crippen molar-refractivity contribution in [3.63, 3.8) is 0 Å². The standard InChI is InChI=1S/C9H7N3O5S/c1-11-4-10-7(12(15)16)8(11)17-5-2-6(9(13)14)18-3-5/h2-4H,1H3,(H,13,14). The highest BCUT2D eigenvalue weighted by Gasteiger charge is 2.23. The number of carbonyl (C=O) groups is 1. The van der Waals surface area contributed by atoms with Crippen LogP contribution in [0.4, 0.5) is 5.82 Å². The maximum atomic E-state index is 10.7.